The van der Waals surface area contributed by atoms with Crippen LogP contribution in [0.15, 0.2) is 0 Å². The first-order valence-electron chi connectivity index (χ1n) is 6.04. The van der Waals surface area contributed by atoms with E-state index in [1.54, 1.807) is 4.90 Å². The van der Waals surface area contributed by atoms with E-state index in [0.29, 0.717) is 12.0 Å². The second-order valence-corrected chi connectivity index (χ2v) is 5.49. The molecule has 0 aromatic rings. The van der Waals surface area contributed by atoms with Crippen LogP contribution in [0.1, 0.15) is 34.6 Å². The van der Waals surface area contributed by atoms with Gasteiger partial charge in [0.1, 0.15) is 5.60 Å². The van der Waals surface area contributed by atoms with Crippen LogP contribution in [-0.2, 0) is 4.74 Å². The lowest BCUT2D eigenvalue weighted by atomic mass is 9.93. The molecule has 0 saturated carbocycles. The van der Waals surface area contributed by atoms with Gasteiger partial charge < -0.3 is 15.0 Å². The van der Waals surface area contributed by atoms with Gasteiger partial charge in [0, 0.05) is 25.0 Å². The Labute approximate surface area is 98.3 Å². The van der Waals surface area contributed by atoms with Gasteiger partial charge in [-0.1, -0.05) is 6.92 Å². The molecule has 16 heavy (non-hydrogen) atoms. The van der Waals surface area contributed by atoms with Gasteiger partial charge in [-0.3, -0.25) is 0 Å². The Balaban J connectivity index is 2.28. The molecule has 0 spiro atoms. The van der Waals surface area contributed by atoms with Crippen molar-refractivity contribution in [2.75, 3.05) is 19.6 Å². The summed E-state index contributed by atoms with van der Waals surface area (Å²) >= 11 is 0. The van der Waals surface area contributed by atoms with Crippen LogP contribution in [0.3, 0.4) is 0 Å². The molecule has 1 heterocycles. The van der Waals surface area contributed by atoms with E-state index < -0.39 is 5.60 Å². The van der Waals surface area contributed by atoms with E-state index in [1.165, 1.54) is 0 Å². The van der Waals surface area contributed by atoms with E-state index in [-0.39, 0.29) is 6.09 Å². The van der Waals surface area contributed by atoms with Crippen LogP contribution >= 0.6 is 0 Å². The summed E-state index contributed by atoms with van der Waals surface area (Å²) in [6.45, 7) is 12.5. The summed E-state index contributed by atoms with van der Waals surface area (Å²) in [6.07, 6.45) is -0.188. The Kier molecular flexibility index (Phi) is 4.19. The molecule has 1 amide bonds. The van der Waals surface area contributed by atoms with E-state index >= 15 is 0 Å². The lowest BCUT2D eigenvalue weighted by molar-refractivity contribution is -0.00558. The summed E-state index contributed by atoms with van der Waals surface area (Å²) < 4.78 is 5.30. The van der Waals surface area contributed by atoms with Crippen molar-refractivity contribution in [3.63, 3.8) is 0 Å². The molecule has 0 bridgehead atoms. The van der Waals surface area contributed by atoms with E-state index in [0.717, 1.165) is 19.6 Å². The van der Waals surface area contributed by atoms with Gasteiger partial charge in [-0.15, -0.1) is 0 Å². The third-order valence-electron chi connectivity index (χ3n) is 2.79. The molecular formula is C12H24N2O2. The van der Waals surface area contributed by atoms with Gasteiger partial charge in [-0.25, -0.2) is 4.79 Å². The smallest absolute Gasteiger partial charge is 0.410 e. The molecule has 4 nitrogen and oxygen atoms in total. The van der Waals surface area contributed by atoms with Crippen LogP contribution in [-0.4, -0.2) is 42.3 Å². The number of nitrogens with one attached hydrogen (secondary N) is 1. The minimum absolute atomic E-state index is 0.188. The number of likely N-dealkylation sites (tertiary alicyclic amines) is 1. The Morgan fingerprint density at radius 1 is 1.50 bits per heavy atom. The highest BCUT2D eigenvalue weighted by atomic mass is 16.6. The van der Waals surface area contributed by atoms with Gasteiger partial charge in [0.25, 0.3) is 0 Å². The molecule has 1 unspecified atom stereocenters. The number of carbonyl (C=O) groups excluding carboxylic acids is 1. The Morgan fingerprint density at radius 3 is 2.50 bits per heavy atom. The largest absolute Gasteiger partial charge is 0.444 e. The highest BCUT2D eigenvalue weighted by Crippen LogP contribution is 2.21. The third kappa shape index (κ3) is 3.67. The Bertz CT molecular complexity index is 242. The van der Waals surface area contributed by atoms with E-state index in [4.69, 9.17) is 4.74 Å². The van der Waals surface area contributed by atoms with Gasteiger partial charge in [-0.2, -0.15) is 0 Å². The van der Waals surface area contributed by atoms with Crippen LogP contribution in [0.2, 0.25) is 0 Å². The summed E-state index contributed by atoms with van der Waals surface area (Å²) in [5.41, 5.74) is -0.393. The van der Waals surface area contributed by atoms with Crippen molar-refractivity contribution < 1.29 is 9.53 Å². The fourth-order valence-corrected chi connectivity index (χ4v) is 1.79. The summed E-state index contributed by atoms with van der Waals surface area (Å²) in [4.78, 5) is 13.4. The van der Waals surface area contributed by atoms with Gasteiger partial charge >= 0.3 is 6.09 Å². The molecule has 1 aliphatic rings. The molecule has 1 rings (SSSR count). The standard InChI is InChI=1S/C12H24N2O2/c1-6-13-9(2)10-7-14(8-10)11(15)16-12(3,4)5/h9-10,13H,6-8H2,1-5H3. The molecule has 0 aliphatic carbocycles. The maximum absolute atomic E-state index is 11.7. The first-order valence-corrected chi connectivity index (χ1v) is 6.04. The topological polar surface area (TPSA) is 41.6 Å². The average molecular weight is 228 g/mol. The highest BCUT2D eigenvalue weighted by Gasteiger charge is 2.36. The number of amides is 1. The highest BCUT2D eigenvalue weighted by molar-refractivity contribution is 5.69. The summed E-state index contributed by atoms with van der Waals surface area (Å²) in [5, 5.41) is 3.38. The number of carbonyl (C=O) groups is 1. The zero-order valence-corrected chi connectivity index (χ0v) is 11.0. The maximum Gasteiger partial charge on any atom is 0.410 e. The van der Waals surface area contributed by atoms with Crippen molar-refractivity contribution >= 4 is 6.09 Å². The van der Waals surface area contributed by atoms with Crippen LogP contribution in [0.5, 0.6) is 0 Å². The lowest BCUT2D eigenvalue weighted by Crippen LogP contribution is -2.57. The molecule has 0 aromatic carbocycles. The normalized spacial score (nSPS) is 19.2. The zero-order chi connectivity index (χ0) is 12.3. The minimum Gasteiger partial charge on any atom is -0.444 e. The number of hydrogen-bond donors (Lipinski definition) is 1. The Morgan fingerprint density at radius 2 is 2.06 bits per heavy atom. The van der Waals surface area contributed by atoms with Crippen LogP contribution in [0, 0.1) is 5.92 Å². The molecule has 0 radical (unpaired) electrons. The van der Waals surface area contributed by atoms with Crippen molar-refractivity contribution in [2.45, 2.75) is 46.3 Å². The number of nitrogens with zero attached hydrogens (tertiary/aromatic N) is 1. The number of ether oxygens (including phenoxy) is 1. The van der Waals surface area contributed by atoms with E-state index in [2.05, 4.69) is 19.2 Å². The molecule has 1 saturated heterocycles. The van der Waals surface area contributed by atoms with Gasteiger partial charge in [0.05, 0.1) is 0 Å². The van der Waals surface area contributed by atoms with Crippen LogP contribution in [0.4, 0.5) is 4.79 Å². The fourth-order valence-electron chi connectivity index (χ4n) is 1.79. The van der Waals surface area contributed by atoms with Crippen molar-refractivity contribution in [2.24, 2.45) is 5.92 Å². The summed E-state index contributed by atoms with van der Waals surface area (Å²) in [5.74, 6) is 0.562. The predicted molar refractivity (Wildman–Crippen MR) is 64.4 cm³/mol. The maximum atomic E-state index is 11.7. The van der Waals surface area contributed by atoms with Crippen molar-refractivity contribution in [1.29, 1.82) is 0 Å². The number of rotatable bonds is 3. The molecule has 0 aromatic heterocycles. The van der Waals surface area contributed by atoms with E-state index in [9.17, 15) is 4.79 Å². The van der Waals surface area contributed by atoms with Gasteiger partial charge in [0.2, 0.25) is 0 Å². The average Bonchev–Trinajstić information content (AvgIpc) is 1.97. The Hall–Kier alpha value is -0.770. The van der Waals surface area contributed by atoms with Crippen molar-refractivity contribution in [3.8, 4) is 0 Å². The first-order chi connectivity index (χ1) is 7.33. The molecule has 1 aliphatic heterocycles. The van der Waals surface area contributed by atoms with E-state index in [1.807, 2.05) is 20.8 Å². The SMILES string of the molecule is CCNC(C)C1CN(C(=O)OC(C)(C)C)C1. The van der Waals surface area contributed by atoms with Crippen molar-refractivity contribution in [3.05, 3.63) is 0 Å². The fraction of sp³-hybridized carbons (Fsp3) is 0.917. The van der Waals surface area contributed by atoms with Crippen LogP contribution < -0.4 is 5.32 Å². The summed E-state index contributed by atoms with van der Waals surface area (Å²) in [6, 6.07) is 0.476. The molecule has 4 heteroatoms. The molecule has 1 fully saturated rings. The molecule has 94 valence electrons. The monoisotopic (exact) mass is 228 g/mol. The summed E-state index contributed by atoms with van der Waals surface area (Å²) in [7, 11) is 0. The number of hydrogen-bond acceptors (Lipinski definition) is 3. The molecule has 1 N–H and O–H groups in total. The molecule has 1 atom stereocenters. The van der Waals surface area contributed by atoms with Gasteiger partial charge in [0.15, 0.2) is 0 Å². The van der Waals surface area contributed by atoms with Gasteiger partial charge in [-0.05, 0) is 34.2 Å². The molecular weight excluding hydrogens is 204 g/mol. The quantitative estimate of drug-likeness (QED) is 0.801. The second-order valence-electron chi connectivity index (χ2n) is 5.49. The van der Waals surface area contributed by atoms with Crippen LogP contribution in [0.25, 0.3) is 0 Å². The first kappa shape index (κ1) is 13.3. The lowest BCUT2D eigenvalue weighted by Gasteiger charge is -2.42. The predicted octanol–water partition coefficient (Wildman–Crippen LogP) is 1.85. The zero-order valence-electron chi connectivity index (χ0n) is 11.0. The second kappa shape index (κ2) is 5.04. The van der Waals surface area contributed by atoms with Crippen molar-refractivity contribution in [1.82, 2.24) is 10.2 Å². The third-order valence-corrected chi connectivity index (χ3v) is 2.79. The minimum atomic E-state index is -0.393.